The average molecular weight is 488 g/mol. The first kappa shape index (κ1) is 22.9. The summed E-state index contributed by atoms with van der Waals surface area (Å²) >= 11 is 1.67. The molecular formula is C26H25N5O3S. The molecule has 3 aliphatic rings. The Hall–Kier alpha value is -3.85. The summed E-state index contributed by atoms with van der Waals surface area (Å²) in [5.74, 6) is 1.53. The molecule has 1 fully saturated rings. The molecule has 1 N–H and O–H groups in total. The van der Waals surface area contributed by atoms with Crippen LogP contribution in [0.15, 0.2) is 70.5 Å². The SMILES string of the molecule is COC1=CC(C(=O)Nc2ccc(/C=C/C(=O)N3CC4C=C(c5nccs5)CC4C3)cn2)=CCN=C1. The molecule has 0 radical (unpaired) electrons. The van der Waals surface area contributed by atoms with Gasteiger partial charge in [0, 0.05) is 42.5 Å². The first-order valence-corrected chi connectivity index (χ1v) is 12.3. The number of rotatable bonds is 6. The Morgan fingerprint density at radius 2 is 2.17 bits per heavy atom. The van der Waals surface area contributed by atoms with Crippen LogP contribution in [0, 0.1) is 11.8 Å². The molecule has 2 aliphatic heterocycles. The minimum absolute atomic E-state index is 0.00392. The zero-order chi connectivity index (χ0) is 24.2. The van der Waals surface area contributed by atoms with E-state index in [0.717, 1.165) is 30.1 Å². The van der Waals surface area contributed by atoms with Gasteiger partial charge in [-0.05, 0) is 53.7 Å². The molecule has 35 heavy (non-hydrogen) atoms. The van der Waals surface area contributed by atoms with Crippen molar-refractivity contribution in [2.24, 2.45) is 16.8 Å². The van der Waals surface area contributed by atoms with Gasteiger partial charge in [0.25, 0.3) is 5.91 Å². The van der Waals surface area contributed by atoms with Crippen molar-refractivity contribution in [3.05, 3.63) is 76.1 Å². The van der Waals surface area contributed by atoms with Crippen LogP contribution in [0.4, 0.5) is 5.82 Å². The highest BCUT2D eigenvalue weighted by atomic mass is 32.1. The van der Waals surface area contributed by atoms with E-state index in [0.29, 0.717) is 35.5 Å². The maximum atomic E-state index is 12.7. The van der Waals surface area contributed by atoms with E-state index in [4.69, 9.17) is 4.74 Å². The minimum Gasteiger partial charge on any atom is -0.495 e. The molecule has 8 nitrogen and oxygen atoms in total. The molecule has 2 aromatic rings. The third-order valence-corrected chi connectivity index (χ3v) is 7.13. The second-order valence-corrected chi connectivity index (χ2v) is 9.46. The fourth-order valence-corrected chi connectivity index (χ4v) is 5.16. The zero-order valence-corrected chi connectivity index (χ0v) is 20.1. The highest BCUT2D eigenvalue weighted by molar-refractivity contribution is 7.10. The van der Waals surface area contributed by atoms with E-state index >= 15 is 0 Å². The van der Waals surface area contributed by atoms with Gasteiger partial charge in [-0.1, -0.05) is 12.2 Å². The van der Waals surface area contributed by atoms with Gasteiger partial charge >= 0.3 is 0 Å². The lowest BCUT2D eigenvalue weighted by atomic mass is 10.00. The van der Waals surface area contributed by atoms with Crippen LogP contribution >= 0.6 is 11.3 Å². The van der Waals surface area contributed by atoms with Crippen molar-refractivity contribution in [1.29, 1.82) is 0 Å². The smallest absolute Gasteiger partial charge is 0.256 e. The van der Waals surface area contributed by atoms with Gasteiger partial charge < -0.3 is 15.0 Å². The van der Waals surface area contributed by atoms with Crippen molar-refractivity contribution in [2.75, 3.05) is 32.1 Å². The van der Waals surface area contributed by atoms with Crippen molar-refractivity contribution >= 4 is 46.8 Å². The lowest BCUT2D eigenvalue weighted by Crippen LogP contribution is -2.27. The largest absolute Gasteiger partial charge is 0.495 e. The number of allylic oxidation sites excluding steroid dienone is 2. The van der Waals surface area contributed by atoms with Crippen LogP contribution in [0.5, 0.6) is 0 Å². The van der Waals surface area contributed by atoms with Crippen LogP contribution in [0.1, 0.15) is 17.0 Å². The molecule has 0 saturated carbocycles. The number of anilines is 1. The fourth-order valence-electron chi connectivity index (χ4n) is 4.48. The quantitative estimate of drug-likeness (QED) is 0.628. The first-order valence-electron chi connectivity index (χ1n) is 11.4. The first-order chi connectivity index (χ1) is 17.1. The number of thiazole rings is 1. The molecule has 4 heterocycles. The van der Waals surface area contributed by atoms with Gasteiger partial charge in [0.15, 0.2) is 0 Å². The van der Waals surface area contributed by atoms with Gasteiger partial charge in [-0.2, -0.15) is 0 Å². The van der Waals surface area contributed by atoms with Crippen molar-refractivity contribution in [3.63, 3.8) is 0 Å². The van der Waals surface area contributed by atoms with Gasteiger partial charge in [0.05, 0.1) is 19.9 Å². The van der Waals surface area contributed by atoms with E-state index in [1.54, 1.807) is 54.1 Å². The van der Waals surface area contributed by atoms with Crippen LogP contribution in [0.2, 0.25) is 0 Å². The highest BCUT2D eigenvalue weighted by Crippen LogP contribution is 2.41. The Morgan fingerprint density at radius 1 is 1.26 bits per heavy atom. The molecule has 0 aromatic carbocycles. The normalized spacial score (nSPS) is 21.3. The molecule has 0 spiro atoms. The third-order valence-electron chi connectivity index (χ3n) is 6.28. The predicted molar refractivity (Wildman–Crippen MR) is 137 cm³/mol. The molecule has 178 valence electrons. The molecule has 1 saturated heterocycles. The topological polar surface area (TPSA) is 96.8 Å². The molecule has 1 aliphatic carbocycles. The van der Waals surface area contributed by atoms with Crippen LogP contribution in [-0.4, -0.2) is 59.6 Å². The van der Waals surface area contributed by atoms with Crippen molar-refractivity contribution in [3.8, 4) is 0 Å². The fraction of sp³-hybridized carbons (Fsp3) is 0.269. The summed E-state index contributed by atoms with van der Waals surface area (Å²) < 4.78 is 5.17. The number of likely N-dealkylation sites (tertiary alicyclic amines) is 1. The van der Waals surface area contributed by atoms with E-state index in [2.05, 4.69) is 26.4 Å². The van der Waals surface area contributed by atoms with Gasteiger partial charge in [-0.3, -0.25) is 14.6 Å². The van der Waals surface area contributed by atoms with Crippen LogP contribution in [0.3, 0.4) is 0 Å². The number of hydrogen-bond acceptors (Lipinski definition) is 7. The molecule has 2 atom stereocenters. The number of hydrogen-bond donors (Lipinski definition) is 1. The Balaban J connectivity index is 1.15. The number of aliphatic imine (C=N–C) groups is 1. The lowest BCUT2D eigenvalue weighted by molar-refractivity contribution is -0.125. The molecular weight excluding hydrogens is 462 g/mol. The monoisotopic (exact) mass is 487 g/mol. The standard InChI is InChI=1S/C26H25N5O3S/c1-34-22-12-18(6-7-27-14-22)25(33)30-23-4-2-17(13-29-23)3-5-24(32)31-15-20-10-19(11-21(20)16-31)26-28-8-9-35-26/h2-6,8-10,12-14,20-21H,7,11,15-16H2,1H3,(H,29,30,33)/b5-3+. The second kappa shape index (κ2) is 10.2. The number of ether oxygens (including phenoxy) is 1. The van der Waals surface area contributed by atoms with Crippen LogP contribution < -0.4 is 5.32 Å². The van der Waals surface area contributed by atoms with Crippen molar-refractivity contribution in [2.45, 2.75) is 6.42 Å². The third kappa shape index (κ3) is 5.30. The maximum Gasteiger partial charge on any atom is 0.256 e. The van der Waals surface area contributed by atoms with Crippen molar-refractivity contribution in [1.82, 2.24) is 14.9 Å². The number of methoxy groups -OCH3 is 1. The van der Waals surface area contributed by atoms with E-state index in [-0.39, 0.29) is 11.8 Å². The molecule has 0 bridgehead atoms. The number of carbonyl (C=O) groups excluding carboxylic acids is 2. The van der Waals surface area contributed by atoms with Crippen LogP contribution in [-0.2, 0) is 14.3 Å². The Kier molecular flexibility index (Phi) is 6.67. The summed E-state index contributed by atoms with van der Waals surface area (Å²) in [6.45, 7) is 1.91. The lowest BCUT2D eigenvalue weighted by Gasteiger charge is -2.14. The molecule has 2 amide bonds. The van der Waals surface area contributed by atoms with E-state index < -0.39 is 0 Å². The number of pyridine rings is 1. The average Bonchev–Trinajstić information content (AvgIpc) is 3.57. The van der Waals surface area contributed by atoms with E-state index in [1.807, 2.05) is 22.5 Å². The summed E-state index contributed by atoms with van der Waals surface area (Å²) in [4.78, 5) is 40.0. The Morgan fingerprint density at radius 3 is 2.91 bits per heavy atom. The summed E-state index contributed by atoms with van der Waals surface area (Å²) in [5, 5.41) is 5.87. The highest BCUT2D eigenvalue weighted by Gasteiger charge is 2.38. The van der Waals surface area contributed by atoms with E-state index in [9.17, 15) is 9.59 Å². The number of carbonyl (C=O) groups is 2. The molecule has 9 heteroatoms. The number of nitrogens with zero attached hydrogens (tertiary/aromatic N) is 4. The predicted octanol–water partition coefficient (Wildman–Crippen LogP) is 3.59. The number of nitrogens with one attached hydrogen (secondary N) is 1. The minimum atomic E-state index is -0.289. The Bertz CT molecular complexity index is 1260. The number of aromatic nitrogens is 2. The van der Waals surface area contributed by atoms with Crippen LogP contribution in [0.25, 0.3) is 11.6 Å². The van der Waals surface area contributed by atoms with Gasteiger partial charge in [-0.15, -0.1) is 11.3 Å². The summed E-state index contributed by atoms with van der Waals surface area (Å²) in [5.41, 5.74) is 2.56. The number of fused-ring (bicyclic) bond motifs is 1. The molecule has 2 unspecified atom stereocenters. The van der Waals surface area contributed by atoms with Gasteiger partial charge in [0.1, 0.15) is 16.6 Å². The maximum absolute atomic E-state index is 12.7. The van der Waals surface area contributed by atoms with E-state index in [1.165, 1.54) is 12.7 Å². The second-order valence-electron chi connectivity index (χ2n) is 8.57. The molecule has 5 rings (SSSR count). The van der Waals surface area contributed by atoms with Gasteiger partial charge in [-0.25, -0.2) is 9.97 Å². The summed E-state index contributed by atoms with van der Waals surface area (Å²) in [7, 11) is 1.53. The zero-order valence-electron chi connectivity index (χ0n) is 19.3. The molecule has 2 aromatic heterocycles. The van der Waals surface area contributed by atoms with Gasteiger partial charge in [0.2, 0.25) is 5.91 Å². The summed E-state index contributed by atoms with van der Waals surface area (Å²) in [6, 6.07) is 3.52. The number of amides is 2. The Labute approximate surface area is 207 Å². The summed E-state index contributed by atoms with van der Waals surface area (Å²) in [6.07, 6.45) is 15.0. The van der Waals surface area contributed by atoms with Crippen molar-refractivity contribution < 1.29 is 14.3 Å².